The second-order valence-electron chi connectivity index (χ2n) is 4.38. The molecule has 21 heavy (non-hydrogen) atoms. The van der Waals surface area contributed by atoms with Crippen LogP contribution in [0.1, 0.15) is 16.1 Å². The van der Waals surface area contributed by atoms with Crippen LogP contribution in [-0.4, -0.2) is 30.6 Å². The van der Waals surface area contributed by atoms with Crippen LogP contribution in [-0.2, 0) is 6.54 Å². The quantitative estimate of drug-likeness (QED) is 0.767. The Morgan fingerprint density at radius 2 is 2.05 bits per heavy atom. The first-order valence-corrected chi connectivity index (χ1v) is 6.13. The second kappa shape index (κ2) is 5.12. The summed E-state index contributed by atoms with van der Waals surface area (Å²) in [6.45, 7) is 0.0286. The molecule has 0 aliphatic carbocycles. The van der Waals surface area contributed by atoms with Crippen LogP contribution in [0, 0.1) is 0 Å². The Hall–Kier alpha value is -3.09. The number of carbonyl (C=O) groups is 1. The lowest BCUT2D eigenvalue weighted by molar-refractivity contribution is 0.0694. The van der Waals surface area contributed by atoms with Crippen LogP contribution in [0.25, 0.3) is 10.9 Å². The van der Waals surface area contributed by atoms with Crippen molar-refractivity contribution in [1.82, 2.24) is 19.5 Å². The van der Waals surface area contributed by atoms with Crippen molar-refractivity contribution in [3.63, 3.8) is 0 Å². The molecule has 0 aliphatic heterocycles. The fourth-order valence-electron chi connectivity index (χ4n) is 2.04. The zero-order valence-corrected chi connectivity index (χ0v) is 10.8. The number of nitrogens with zero attached hydrogens (tertiary/aromatic N) is 4. The van der Waals surface area contributed by atoms with Crippen LogP contribution in [0.2, 0.25) is 0 Å². The average molecular weight is 282 g/mol. The molecule has 7 heteroatoms. The molecule has 3 aromatic rings. The summed E-state index contributed by atoms with van der Waals surface area (Å²) in [7, 11) is 0. The number of aromatic nitrogens is 4. The van der Waals surface area contributed by atoms with Gasteiger partial charge in [-0.15, -0.1) is 0 Å². The molecule has 0 radical (unpaired) electrons. The maximum Gasteiger partial charge on any atom is 0.339 e. The molecule has 0 aliphatic rings. The third-order valence-electron chi connectivity index (χ3n) is 3.08. The minimum Gasteiger partial charge on any atom is -0.478 e. The lowest BCUT2D eigenvalue weighted by Gasteiger charge is -2.07. The SMILES string of the molecule is O=C(O)c1cncnc1Cn1cnc2ccccc2c1=O. The number of carboxylic acid groups (broad SMARTS) is 1. The van der Waals surface area contributed by atoms with Crippen LogP contribution in [0.3, 0.4) is 0 Å². The highest BCUT2D eigenvalue weighted by atomic mass is 16.4. The standard InChI is InChI=1S/C14H10N4O3/c19-13-9-3-1-2-4-11(9)17-8-18(13)6-12-10(14(20)21)5-15-7-16-12/h1-5,7-8H,6H2,(H,20,21). The maximum absolute atomic E-state index is 12.3. The molecule has 1 N–H and O–H groups in total. The predicted molar refractivity (Wildman–Crippen MR) is 74.1 cm³/mol. The van der Waals surface area contributed by atoms with E-state index in [1.165, 1.54) is 23.4 Å². The summed E-state index contributed by atoms with van der Waals surface area (Å²) in [6, 6.07) is 6.98. The van der Waals surface area contributed by atoms with E-state index in [0.717, 1.165) is 0 Å². The van der Waals surface area contributed by atoms with E-state index in [9.17, 15) is 9.59 Å². The molecule has 104 valence electrons. The summed E-state index contributed by atoms with van der Waals surface area (Å²) in [5.41, 5.74) is 0.588. The molecule has 1 aromatic carbocycles. The van der Waals surface area contributed by atoms with E-state index in [1.807, 2.05) is 0 Å². The van der Waals surface area contributed by atoms with Crippen LogP contribution in [0.4, 0.5) is 0 Å². The lowest BCUT2D eigenvalue weighted by Crippen LogP contribution is -2.23. The van der Waals surface area contributed by atoms with E-state index in [-0.39, 0.29) is 23.4 Å². The normalized spacial score (nSPS) is 10.7. The van der Waals surface area contributed by atoms with E-state index in [2.05, 4.69) is 15.0 Å². The molecule has 7 nitrogen and oxygen atoms in total. The first kappa shape index (κ1) is 12.9. The highest BCUT2D eigenvalue weighted by molar-refractivity contribution is 5.88. The van der Waals surface area contributed by atoms with Crippen LogP contribution >= 0.6 is 0 Å². The summed E-state index contributed by atoms with van der Waals surface area (Å²) in [5.74, 6) is -1.13. The zero-order valence-electron chi connectivity index (χ0n) is 10.8. The van der Waals surface area contributed by atoms with Gasteiger partial charge in [0.25, 0.3) is 5.56 Å². The van der Waals surface area contributed by atoms with Crippen molar-refractivity contribution in [1.29, 1.82) is 0 Å². The smallest absolute Gasteiger partial charge is 0.339 e. The van der Waals surface area contributed by atoms with E-state index in [1.54, 1.807) is 24.3 Å². The third kappa shape index (κ3) is 2.36. The minimum absolute atomic E-state index is 0.0286. The molecule has 0 fully saturated rings. The van der Waals surface area contributed by atoms with Crippen molar-refractivity contribution < 1.29 is 9.90 Å². The Kier molecular flexibility index (Phi) is 3.15. The first-order chi connectivity index (χ1) is 10.2. The largest absolute Gasteiger partial charge is 0.478 e. The topological polar surface area (TPSA) is 98.0 Å². The maximum atomic E-state index is 12.3. The first-order valence-electron chi connectivity index (χ1n) is 6.13. The second-order valence-corrected chi connectivity index (χ2v) is 4.38. The Morgan fingerprint density at radius 1 is 1.24 bits per heavy atom. The number of fused-ring (bicyclic) bond motifs is 1. The summed E-state index contributed by atoms with van der Waals surface area (Å²) in [5, 5.41) is 9.58. The van der Waals surface area contributed by atoms with Gasteiger partial charge >= 0.3 is 5.97 Å². The number of hydrogen-bond acceptors (Lipinski definition) is 5. The molecular weight excluding hydrogens is 272 g/mol. The summed E-state index contributed by atoms with van der Waals surface area (Å²) in [4.78, 5) is 35.3. The highest BCUT2D eigenvalue weighted by Crippen LogP contribution is 2.08. The molecule has 0 saturated heterocycles. The molecule has 0 saturated carbocycles. The van der Waals surface area contributed by atoms with Gasteiger partial charge in [-0.05, 0) is 12.1 Å². The number of hydrogen-bond donors (Lipinski definition) is 1. The van der Waals surface area contributed by atoms with Gasteiger partial charge in [0, 0.05) is 6.20 Å². The Morgan fingerprint density at radius 3 is 2.86 bits per heavy atom. The van der Waals surface area contributed by atoms with Crippen molar-refractivity contribution in [2.24, 2.45) is 0 Å². The van der Waals surface area contributed by atoms with Gasteiger partial charge in [-0.1, -0.05) is 12.1 Å². The van der Waals surface area contributed by atoms with Gasteiger partial charge in [0.1, 0.15) is 11.9 Å². The summed E-state index contributed by atoms with van der Waals surface area (Å²) < 4.78 is 1.33. The van der Waals surface area contributed by atoms with E-state index in [4.69, 9.17) is 5.11 Å². The number of carboxylic acids is 1. The Bertz CT molecular complexity index is 889. The molecule has 0 amide bonds. The molecule has 2 aromatic heterocycles. The van der Waals surface area contributed by atoms with E-state index in [0.29, 0.717) is 10.9 Å². The van der Waals surface area contributed by atoms with Gasteiger partial charge < -0.3 is 5.11 Å². The molecule has 0 unspecified atom stereocenters. The average Bonchev–Trinajstić information content (AvgIpc) is 2.51. The van der Waals surface area contributed by atoms with Crippen molar-refractivity contribution >= 4 is 16.9 Å². The van der Waals surface area contributed by atoms with Crippen molar-refractivity contribution in [3.05, 3.63) is 64.7 Å². The summed E-state index contributed by atoms with van der Waals surface area (Å²) >= 11 is 0. The third-order valence-corrected chi connectivity index (χ3v) is 3.08. The zero-order chi connectivity index (χ0) is 14.8. The van der Waals surface area contributed by atoms with Crippen molar-refractivity contribution in [3.8, 4) is 0 Å². The van der Waals surface area contributed by atoms with Crippen molar-refractivity contribution in [2.75, 3.05) is 0 Å². The van der Waals surface area contributed by atoms with Crippen LogP contribution in [0.15, 0.2) is 47.9 Å². The highest BCUT2D eigenvalue weighted by Gasteiger charge is 2.13. The molecule has 3 rings (SSSR count). The molecule has 0 atom stereocenters. The van der Waals surface area contributed by atoms with E-state index >= 15 is 0 Å². The minimum atomic E-state index is -1.13. The Balaban J connectivity index is 2.09. The van der Waals surface area contributed by atoms with E-state index < -0.39 is 5.97 Å². The number of para-hydroxylation sites is 1. The molecule has 0 spiro atoms. The van der Waals surface area contributed by atoms with Gasteiger partial charge in [-0.3, -0.25) is 9.36 Å². The monoisotopic (exact) mass is 282 g/mol. The van der Waals surface area contributed by atoms with Gasteiger partial charge in [0.05, 0.1) is 29.5 Å². The van der Waals surface area contributed by atoms with Gasteiger partial charge in [-0.2, -0.15) is 0 Å². The van der Waals surface area contributed by atoms with Crippen LogP contribution < -0.4 is 5.56 Å². The molecule has 2 heterocycles. The van der Waals surface area contributed by atoms with Gasteiger partial charge in [-0.25, -0.2) is 19.7 Å². The fourth-order valence-corrected chi connectivity index (χ4v) is 2.04. The van der Waals surface area contributed by atoms with Gasteiger partial charge in [0.15, 0.2) is 0 Å². The number of rotatable bonds is 3. The molecular formula is C14H10N4O3. The van der Waals surface area contributed by atoms with Gasteiger partial charge in [0.2, 0.25) is 0 Å². The predicted octanol–water partition coefficient (Wildman–Crippen LogP) is 0.933. The van der Waals surface area contributed by atoms with Crippen molar-refractivity contribution in [2.45, 2.75) is 6.54 Å². The lowest BCUT2D eigenvalue weighted by atomic mass is 10.2. The van der Waals surface area contributed by atoms with Crippen LogP contribution in [0.5, 0.6) is 0 Å². The Labute approximate surface area is 118 Å². The fraction of sp³-hybridized carbons (Fsp3) is 0.0714. The number of aromatic carboxylic acids is 1. The number of benzene rings is 1. The summed E-state index contributed by atoms with van der Waals surface area (Å²) in [6.07, 6.45) is 3.85. The molecule has 0 bridgehead atoms.